The van der Waals surface area contributed by atoms with Crippen LogP contribution >= 0.6 is 27.3 Å². The largest absolute Gasteiger partial charge is 0.488 e. The van der Waals surface area contributed by atoms with Crippen molar-refractivity contribution in [3.05, 3.63) is 50.6 Å². The Labute approximate surface area is 114 Å². The van der Waals surface area contributed by atoms with Crippen molar-refractivity contribution in [1.82, 2.24) is 0 Å². The van der Waals surface area contributed by atoms with Crippen LogP contribution in [-0.4, -0.2) is 0 Å². The lowest BCUT2D eigenvalue weighted by Crippen LogP contribution is -2.04. The summed E-state index contributed by atoms with van der Waals surface area (Å²) in [5.41, 5.74) is 6.91. The van der Waals surface area contributed by atoms with E-state index >= 15 is 0 Å². The van der Waals surface area contributed by atoms with E-state index < -0.39 is 0 Å². The monoisotopic (exact) mass is 311 g/mol. The van der Waals surface area contributed by atoms with Crippen molar-refractivity contribution in [3.63, 3.8) is 0 Å². The minimum Gasteiger partial charge on any atom is -0.488 e. The molecule has 0 spiro atoms. The Morgan fingerprint density at radius 2 is 2.00 bits per heavy atom. The zero-order valence-corrected chi connectivity index (χ0v) is 11.9. The number of ether oxygens (including phenoxy) is 1. The molecule has 1 unspecified atom stereocenters. The Bertz CT molecular complexity index is 478. The van der Waals surface area contributed by atoms with E-state index in [1.165, 1.54) is 4.88 Å². The van der Waals surface area contributed by atoms with Gasteiger partial charge in [0.05, 0.1) is 4.88 Å². The van der Waals surface area contributed by atoms with Crippen LogP contribution in [0.2, 0.25) is 0 Å². The third-order valence-corrected chi connectivity index (χ3v) is 4.37. The van der Waals surface area contributed by atoms with Crippen LogP contribution in [0.1, 0.15) is 23.4 Å². The van der Waals surface area contributed by atoms with E-state index in [1.54, 1.807) is 11.3 Å². The second kappa shape index (κ2) is 5.67. The van der Waals surface area contributed by atoms with E-state index in [4.69, 9.17) is 10.5 Å². The van der Waals surface area contributed by atoms with E-state index in [9.17, 15) is 0 Å². The summed E-state index contributed by atoms with van der Waals surface area (Å²) in [7, 11) is 0. The normalized spacial score (nSPS) is 12.4. The van der Waals surface area contributed by atoms with E-state index in [1.807, 2.05) is 42.6 Å². The lowest BCUT2D eigenvalue weighted by atomic mass is 10.1. The fraction of sp³-hybridized carbons (Fsp3) is 0.231. The predicted octanol–water partition coefficient (Wildman–Crippen LogP) is 4.11. The van der Waals surface area contributed by atoms with Crippen LogP contribution in [-0.2, 0) is 6.61 Å². The van der Waals surface area contributed by atoms with Crippen LogP contribution in [0.3, 0.4) is 0 Å². The zero-order chi connectivity index (χ0) is 12.3. The minimum atomic E-state index is 0.0653. The third kappa shape index (κ3) is 3.31. The Balaban J connectivity index is 1.98. The summed E-state index contributed by atoms with van der Waals surface area (Å²) in [4.78, 5) is 1.20. The van der Waals surface area contributed by atoms with Gasteiger partial charge in [0.25, 0.3) is 0 Å². The minimum absolute atomic E-state index is 0.0653. The van der Waals surface area contributed by atoms with Gasteiger partial charge in [-0.3, -0.25) is 0 Å². The number of halogens is 1. The summed E-state index contributed by atoms with van der Waals surface area (Å²) < 4.78 is 6.81. The average molecular weight is 312 g/mol. The molecule has 1 heterocycles. The van der Waals surface area contributed by atoms with E-state index in [2.05, 4.69) is 15.9 Å². The van der Waals surface area contributed by atoms with Crippen LogP contribution in [0, 0.1) is 0 Å². The average Bonchev–Trinajstić information content (AvgIpc) is 2.73. The van der Waals surface area contributed by atoms with Gasteiger partial charge in [0.15, 0.2) is 0 Å². The fourth-order valence-corrected chi connectivity index (χ4v) is 2.82. The molecular weight excluding hydrogens is 298 g/mol. The molecule has 0 radical (unpaired) electrons. The Kier molecular flexibility index (Phi) is 4.20. The molecule has 0 amide bonds. The number of rotatable bonds is 4. The van der Waals surface area contributed by atoms with Gasteiger partial charge < -0.3 is 10.5 Å². The quantitative estimate of drug-likeness (QED) is 0.922. The molecule has 0 aliphatic heterocycles. The first-order valence-electron chi connectivity index (χ1n) is 5.37. The molecule has 0 saturated carbocycles. The molecule has 17 heavy (non-hydrogen) atoms. The molecule has 2 aromatic rings. The molecule has 2 N–H and O–H groups in total. The molecular formula is C13H14BrNOS. The smallest absolute Gasteiger partial charge is 0.124 e. The van der Waals surface area contributed by atoms with Crippen LogP contribution in [0.15, 0.2) is 40.2 Å². The molecule has 2 nitrogen and oxygen atoms in total. The van der Waals surface area contributed by atoms with Gasteiger partial charge in [-0.2, -0.15) is 0 Å². The summed E-state index contributed by atoms with van der Waals surface area (Å²) in [5.74, 6) is 0.870. The summed E-state index contributed by atoms with van der Waals surface area (Å²) in [6, 6.07) is 10.0. The molecule has 4 heteroatoms. The molecule has 0 aliphatic rings. The number of hydrogen-bond acceptors (Lipinski definition) is 3. The number of thiophene rings is 1. The number of nitrogens with two attached hydrogens (primary N) is 1. The first-order valence-corrected chi connectivity index (χ1v) is 7.04. The molecule has 0 aliphatic carbocycles. The van der Waals surface area contributed by atoms with Crippen molar-refractivity contribution in [1.29, 1.82) is 0 Å². The standard InChI is InChI=1S/C13H14BrNOS/c1-9(15)10-2-4-11(5-3-10)16-8-13-12(14)6-7-17-13/h2-7,9H,8,15H2,1H3. The molecule has 90 valence electrons. The van der Waals surface area contributed by atoms with Gasteiger partial charge in [-0.25, -0.2) is 0 Å². The number of hydrogen-bond donors (Lipinski definition) is 1. The van der Waals surface area contributed by atoms with Gasteiger partial charge in [-0.15, -0.1) is 11.3 Å². The second-order valence-corrected chi connectivity index (χ2v) is 5.69. The first-order chi connectivity index (χ1) is 8.16. The lowest BCUT2D eigenvalue weighted by Gasteiger charge is -2.08. The van der Waals surface area contributed by atoms with E-state index in [-0.39, 0.29) is 6.04 Å². The topological polar surface area (TPSA) is 35.2 Å². The van der Waals surface area contributed by atoms with Gasteiger partial charge in [-0.05, 0) is 52.0 Å². The summed E-state index contributed by atoms with van der Waals surface area (Å²) >= 11 is 5.17. The molecule has 0 bridgehead atoms. The Hall–Kier alpha value is -0.840. The summed E-state index contributed by atoms with van der Waals surface area (Å²) in [5, 5.41) is 2.04. The third-order valence-electron chi connectivity index (χ3n) is 2.47. The highest BCUT2D eigenvalue weighted by Crippen LogP contribution is 2.24. The SMILES string of the molecule is CC(N)c1ccc(OCc2sccc2Br)cc1. The van der Waals surface area contributed by atoms with Crippen molar-refractivity contribution >= 4 is 27.3 Å². The highest BCUT2D eigenvalue weighted by Gasteiger charge is 2.03. The van der Waals surface area contributed by atoms with Crippen LogP contribution in [0.4, 0.5) is 0 Å². The van der Waals surface area contributed by atoms with Gasteiger partial charge >= 0.3 is 0 Å². The molecule has 1 aromatic carbocycles. The van der Waals surface area contributed by atoms with Crippen molar-refractivity contribution in [2.75, 3.05) is 0 Å². The predicted molar refractivity (Wildman–Crippen MR) is 75.4 cm³/mol. The first kappa shape index (κ1) is 12.6. The van der Waals surface area contributed by atoms with Gasteiger partial charge in [0.2, 0.25) is 0 Å². The maximum absolute atomic E-state index is 5.79. The lowest BCUT2D eigenvalue weighted by molar-refractivity contribution is 0.309. The van der Waals surface area contributed by atoms with Crippen molar-refractivity contribution in [2.24, 2.45) is 5.73 Å². The van der Waals surface area contributed by atoms with E-state index in [0.717, 1.165) is 15.8 Å². The van der Waals surface area contributed by atoms with Crippen molar-refractivity contribution in [2.45, 2.75) is 19.6 Å². The van der Waals surface area contributed by atoms with Crippen LogP contribution in [0.5, 0.6) is 5.75 Å². The molecule has 0 saturated heterocycles. The van der Waals surface area contributed by atoms with Crippen LogP contribution < -0.4 is 10.5 Å². The molecule has 1 aromatic heterocycles. The van der Waals surface area contributed by atoms with Crippen LogP contribution in [0.25, 0.3) is 0 Å². The van der Waals surface area contributed by atoms with Crippen molar-refractivity contribution in [3.8, 4) is 5.75 Å². The Morgan fingerprint density at radius 3 is 2.53 bits per heavy atom. The van der Waals surface area contributed by atoms with Gasteiger partial charge in [0.1, 0.15) is 12.4 Å². The maximum Gasteiger partial charge on any atom is 0.124 e. The molecule has 2 rings (SSSR count). The molecule has 0 fully saturated rings. The molecule has 1 atom stereocenters. The maximum atomic E-state index is 5.79. The fourth-order valence-electron chi connectivity index (χ4n) is 1.44. The highest BCUT2D eigenvalue weighted by molar-refractivity contribution is 9.10. The number of benzene rings is 1. The highest BCUT2D eigenvalue weighted by atomic mass is 79.9. The summed E-state index contributed by atoms with van der Waals surface area (Å²) in [6.45, 7) is 2.56. The van der Waals surface area contributed by atoms with Crippen molar-refractivity contribution < 1.29 is 4.74 Å². The second-order valence-electron chi connectivity index (χ2n) is 3.84. The van der Waals surface area contributed by atoms with E-state index in [0.29, 0.717) is 6.61 Å². The summed E-state index contributed by atoms with van der Waals surface area (Å²) in [6.07, 6.45) is 0. The zero-order valence-electron chi connectivity index (χ0n) is 9.52. The Morgan fingerprint density at radius 1 is 1.29 bits per heavy atom. The van der Waals surface area contributed by atoms with Gasteiger partial charge in [0, 0.05) is 10.5 Å². The van der Waals surface area contributed by atoms with Gasteiger partial charge in [-0.1, -0.05) is 12.1 Å².